The predicted molar refractivity (Wildman–Crippen MR) is 132 cm³/mol. The number of aromatic amines is 1. The van der Waals surface area contributed by atoms with Crippen LogP contribution in [0.4, 0.5) is 0 Å². The van der Waals surface area contributed by atoms with E-state index in [2.05, 4.69) is 27.4 Å². The maximum atomic E-state index is 11.6. The summed E-state index contributed by atoms with van der Waals surface area (Å²) in [4.78, 5) is 24.5. The van der Waals surface area contributed by atoms with E-state index >= 15 is 0 Å². The highest BCUT2D eigenvalue weighted by Gasteiger charge is 2.24. The number of H-pyrrole nitrogens is 1. The van der Waals surface area contributed by atoms with E-state index in [1.54, 1.807) is 7.11 Å². The van der Waals surface area contributed by atoms with E-state index < -0.39 is 0 Å². The van der Waals surface area contributed by atoms with Crippen LogP contribution in [0.1, 0.15) is 75.9 Å². The van der Waals surface area contributed by atoms with Crippen LogP contribution in [0.2, 0.25) is 0 Å². The second-order valence-electron chi connectivity index (χ2n) is 9.28. The Hall–Kier alpha value is -2.73. The lowest BCUT2D eigenvalue weighted by Crippen LogP contribution is -2.24. The minimum Gasteiger partial charge on any atom is -0.496 e. The summed E-state index contributed by atoms with van der Waals surface area (Å²) < 4.78 is 5.69. The van der Waals surface area contributed by atoms with Gasteiger partial charge < -0.3 is 15.0 Å². The van der Waals surface area contributed by atoms with Crippen molar-refractivity contribution >= 4 is 16.7 Å². The number of nitrogens with zero attached hydrogens (tertiary/aromatic N) is 2. The molecule has 1 aliphatic rings. The van der Waals surface area contributed by atoms with Crippen LogP contribution in [-0.2, 0) is 4.79 Å². The van der Waals surface area contributed by atoms with Gasteiger partial charge in [0.25, 0.3) is 0 Å². The molecule has 1 atom stereocenters. The van der Waals surface area contributed by atoms with Crippen LogP contribution in [0.25, 0.3) is 22.2 Å². The summed E-state index contributed by atoms with van der Waals surface area (Å²) in [5.74, 6) is 2.93. The van der Waals surface area contributed by atoms with E-state index in [9.17, 15) is 4.79 Å². The van der Waals surface area contributed by atoms with Crippen molar-refractivity contribution in [3.63, 3.8) is 0 Å². The van der Waals surface area contributed by atoms with Gasteiger partial charge >= 0.3 is 0 Å². The standard InChI is InChI=1S/C27H36N4O2/c1-4-21(32)8-6-5-7-9-23(28-16-19-11-12-19)27-29-17-25(31-27)22-14-20-13-10-18(2)30-24(20)15-26(22)33-3/h10,13-15,17,19,23,28H,4-9,11-12,16H2,1-3H3,(H,29,31)/t23-/m0/s1. The molecule has 6 heteroatoms. The Morgan fingerprint density at radius 3 is 2.85 bits per heavy atom. The maximum Gasteiger partial charge on any atom is 0.132 e. The van der Waals surface area contributed by atoms with Crippen molar-refractivity contribution in [3.8, 4) is 17.0 Å². The second-order valence-corrected chi connectivity index (χ2v) is 9.28. The number of carbonyl (C=O) groups is 1. The molecule has 1 saturated carbocycles. The fourth-order valence-corrected chi connectivity index (χ4v) is 4.27. The molecule has 2 aromatic heterocycles. The molecule has 1 aliphatic carbocycles. The minimum atomic E-state index is 0.192. The zero-order valence-corrected chi connectivity index (χ0v) is 20.1. The first-order chi connectivity index (χ1) is 16.1. The first-order valence-corrected chi connectivity index (χ1v) is 12.3. The van der Waals surface area contributed by atoms with Crippen molar-refractivity contribution in [2.75, 3.05) is 13.7 Å². The molecule has 33 heavy (non-hydrogen) atoms. The average molecular weight is 449 g/mol. The predicted octanol–water partition coefficient (Wildman–Crippen LogP) is 5.91. The summed E-state index contributed by atoms with van der Waals surface area (Å²) in [7, 11) is 1.70. The van der Waals surface area contributed by atoms with E-state index in [1.807, 2.05) is 32.2 Å². The summed E-state index contributed by atoms with van der Waals surface area (Å²) in [6, 6.07) is 8.44. The average Bonchev–Trinajstić information content (AvgIpc) is 3.53. The van der Waals surface area contributed by atoms with Crippen LogP contribution < -0.4 is 10.1 Å². The minimum absolute atomic E-state index is 0.192. The molecule has 0 unspecified atom stereocenters. The van der Waals surface area contributed by atoms with Crippen LogP contribution >= 0.6 is 0 Å². The molecule has 4 rings (SSSR count). The van der Waals surface area contributed by atoms with Crippen LogP contribution in [-0.4, -0.2) is 34.4 Å². The number of benzene rings is 1. The van der Waals surface area contributed by atoms with Crippen molar-refractivity contribution in [2.24, 2.45) is 5.92 Å². The summed E-state index contributed by atoms with van der Waals surface area (Å²) in [5.41, 5.74) is 3.87. The zero-order valence-electron chi connectivity index (χ0n) is 20.1. The third-order valence-corrected chi connectivity index (χ3v) is 6.56. The van der Waals surface area contributed by atoms with Crippen LogP contribution in [0.15, 0.2) is 30.5 Å². The molecule has 0 spiro atoms. The Bertz CT molecular complexity index is 1090. The number of rotatable bonds is 13. The number of imidazole rings is 1. The number of nitrogens with one attached hydrogen (secondary N) is 2. The largest absolute Gasteiger partial charge is 0.496 e. The molecule has 2 N–H and O–H groups in total. The van der Waals surface area contributed by atoms with Gasteiger partial charge in [-0.25, -0.2) is 4.98 Å². The fourth-order valence-electron chi connectivity index (χ4n) is 4.27. The van der Waals surface area contributed by atoms with Gasteiger partial charge in [0.1, 0.15) is 17.4 Å². The molecular weight excluding hydrogens is 412 g/mol. The van der Waals surface area contributed by atoms with Gasteiger partial charge in [0.2, 0.25) is 0 Å². The summed E-state index contributed by atoms with van der Waals surface area (Å²) >= 11 is 0. The molecule has 0 bridgehead atoms. The van der Waals surface area contributed by atoms with E-state index in [0.29, 0.717) is 18.6 Å². The van der Waals surface area contributed by atoms with Crippen LogP contribution in [0.3, 0.4) is 0 Å². The van der Waals surface area contributed by atoms with E-state index in [-0.39, 0.29) is 6.04 Å². The van der Waals surface area contributed by atoms with Gasteiger partial charge in [-0.05, 0) is 57.2 Å². The Labute approximate surface area is 196 Å². The van der Waals surface area contributed by atoms with E-state index in [0.717, 1.165) is 77.6 Å². The number of hydrogen-bond donors (Lipinski definition) is 2. The number of fused-ring (bicyclic) bond motifs is 1. The molecular formula is C27H36N4O2. The number of pyridine rings is 1. The lowest BCUT2D eigenvalue weighted by molar-refractivity contribution is -0.118. The maximum absolute atomic E-state index is 11.6. The van der Waals surface area contributed by atoms with E-state index in [4.69, 9.17) is 9.72 Å². The molecule has 0 radical (unpaired) electrons. The molecule has 0 saturated heterocycles. The van der Waals surface area contributed by atoms with Gasteiger partial charge in [-0.1, -0.05) is 25.8 Å². The van der Waals surface area contributed by atoms with Gasteiger partial charge in [-0.2, -0.15) is 0 Å². The lowest BCUT2D eigenvalue weighted by atomic mass is 10.0. The monoisotopic (exact) mass is 448 g/mol. The van der Waals surface area contributed by atoms with Crippen molar-refractivity contribution in [1.82, 2.24) is 20.3 Å². The summed E-state index contributed by atoms with van der Waals surface area (Å²) in [6.07, 6.45) is 10.1. The number of hydrogen-bond acceptors (Lipinski definition) is 5. The van der Waals surface area contributed by atoms with Gasteiger partial charge in [0.05, 0.1) is 30.6 Å². The first-order valence-electron chi connectivity index (χ1n) is 12.3. The van der Waals surface area contributed by atoms with Gasteiger partial charge in [-0.15, -0.1) is 0 Å². The number of carbonyl (C=O) groups excluding carboxylic acids is 1. The lowest BCUT2D eigenvalue weighted by Gasteiger charge is -2.17. The number of methoxy groups -OCH3 is 1. The zero-order chi connectivity index (χ0) is 23.2. The van der Waals surface area contributed by atoms with Crippen LogP contribution in [0, 0.1) is 12.8 Å². The van der Waals surface area contributed by atoms with Crippen molar-refractivity contribution < 1.29 is 9.53 Å². The Morgan fingerprint density at radius 1 is 1.24 bits per heavy atom. The third-order valence-electron chi connectivity index (χ3n) is 6.56. The van der Waals surface area contributed by atoms with Gasteiger partial charge in [0, 0.05) is 35.6 Å². The fraction of sp³-hybridized carbons (Fsp3) is 0.519. The Balaban J connectivity index is 1.49. The Morgan fingerprint density at radius 2 is 2.09 bits per heavy atom. The topological polar surface area (TPSA) is 79.9 Å². The van der Waals surface area contributed by atoms with Gasteiger partial charge in [0.15, 0.2) is 0 Å². The van der Waals surface area contributed by atoms with Crippen LogP contribution in [0.5, 0.6) is 5.75 Å². The number of Topliss-reactive ketones (excluding diaryl/α,β-unsaturated/α-hetero) is 1. The quantitative estimate of drug-likeness (QED) is 0.318. The molecule has 176 valence electrons. The van der Waals surface area contributed by atoms with Crippen molar-refractivity contribution in [3.05, 3.63) is 42.0 Å². The van der Waals surface area contributed by atoms with E-state index in [1.165, 1.54) is 12.8 Å². The first kappa shape index (κ1) is 23.4. The highest BCUT2D eigenvalue weighted by molar-refractivity contribution is 5.87. The third kappa shape index (κ3) is 6.20. The van der Waals surface area contributed by atoms with Gasteiger partial charge in [-0.3, -0.25) is 9.78 Å². The molecule has 0 aliphatic heterocycles. The number of aromatic nitrogens is 3. The molecule has 1 aromatic carbocycles. The van der Waals surface area contributed by atoms with Crippen molar-refractivity contribution in [1.29, 1.82) is 0 Å². The Kier molecular flexibility index (Phi) is 7.76. The molecule has 1 fully saturated rings. The molecule has 0 amide bonds. The number of ketones is 1. The van der Waals surface area contributed by atoms with Crippen molar-refractivity contribution in [2.45, 2.75) is 71.3 Å². The highest BCUT2D eigenvalue weighted by Crippen LogP contribution is 2.34. The SMILES string of the molecule is CCC(=O)CCCCC[C@H](NCC1CC1)c1ncc(-c2cc3ccc(C)nc3cc2OC)[nH]1. The smallest absolute Gasteiger partial charge is 0.132 e. The normalized spacial score (nSPS) is 14.5. The molecule has 2 heterocycles. The summed E-state index contributed by atoms with van der Waals surface area (Å²) in [6.45, 7) is 4.98. The highest BCUT2D eigenvalue weighted by atomic mass is 16.5. The molecule has 6 nitrogen and oxygen atoms in total. The molecule has 3 aromatic rings. The number of ether oxygens (including phenoxy) is 1. The second kappa shape index (κ2) is 10.9. The number of aryl methyl sites for hydroxylation is 1. The summed E-state index contributed by atoms with van der Waals surface area (Å²) in [5, 5.41) is 4.82. The number of unbranched alkanes of at least 4 members (excludes halogenated alkanes) is 2.